The van der Waals surface area contributed by atoms with Gasteiger partial charge in [-0.3, -0.25) is 37.5 Å². The van der Waals surface area contributed by atoms with Gasteiger partial charge in [0, 0.05) is 53.1 Å². The van der Waals surface area contributed by atoms with Gasteiger partial charge in [-0.05, 0) is 39.9 Å². The summed E-state index contributed by atoms with van der Waals surface area (Å²) >= 11 is 0. The number of amides is 2. The summed E-state index contributed by atoms with van der Waals surface area (Å²) in [6.07, 6.45) is -4.08. The zero-order valence-corrected chi connectivity index (χ0v) is 47.4. The molecule has 2 aliphatic rings. The largest absolute Gasteiger partial charge is 0.454 e. The number of H-pyrrole nitrogens is 1. The van der Waals surface area contributed by atoms with Crippen LogP contribution in [-0.4, -0.2) is 165 Å². The molecular formula is C49H63F2N15O12P2. The van der Waals surface area contributed by atoms with E-state index in [1.165, 1.54) is 73.5 Å². The summed E-state index contributed by atoms with van der Waals surface area (Å²) < 4.78 is 79.0. The topological polar surface area (TPSA) is 352 Å². The molecule has 0 aliphatic carbocycles. The molecular weight excluding hydrogens is 1090 g/mol. The van der Waals surface area contributed by atoms with Crippen LogP contribution >= 0.6 is 15.7 Å². The van der Waals surface area contributed by atoms with Crippen LogP contribution in [0.4, 0.5) is 20.4 Å². The number of benzene rings is 1. The Hall–Kier alpha value is -7.33. The van der Waals surface area contributed by atoms with Crippen LogP contribution in [0.15, 0.2) is 62.0 Å². The van der Waals surface area contributed by atoms with E-state index in [1.807, 2.05) is 6.07 Å². The predicted molar refractivity (Wildman–Crippen MR) is 285 cm³/mol. The lowest BCUT2D eigenvalue weighted by atomic mass is 10.1. The normalized spacial score (nSPS) is 20.8. The van der Waals surface area contributed by atoms with Gasteiger partial charge in [0.2, 0.25) is 11.8 Å². The van der Waals surface area contributed by atoms with Gasteiger partial charge in [0.25, 0.3) is 0 Å². The second-order valence-electron chi connectivity index (χ2n) is 18.5. The van der Waals surface area contributed by atoms with E-state index in [0.717, 1.165) is 13.8 Å². The van der Waals surface area contributed by atoms with Crippen molar-refractivity contribution in [3.8, 4) is 12.1 Å². The van der Waals surface area contributed by atoms with Crippen LogP contribution in [0.25, 0.3) is 22.3 Å². The smallest absolute Gasteiger partial charge is 0.303 e. The van der Waals surface area contributed by atoms with Crippen LogP contribution in [0.5, 0.6) is 0 Å². The zero-order chi connectivity index (χ0) is 59.0. The van der Waals surface area contributed by atoms with Crippen molar-refractivity contribution >= 4 is 73.4 Å². The fourth-order valence-corrected chi connectivity index (χ4v) is 10.4. The van der Waals surface area contributed by atoms with E-state index < -0.39 is 83.4 Å². The number of alkyl halides is 2. The molecule has 1 aromatic carbocycles. The Morgan fingerprint density at radius 1 is 0.787 bits per heavy atom. The average molecular weight is 1150 g/mol. The molecule has 0 saturated carbocycles. The van der Waals surface area contributed by atoms with E-state index in [9.17, 15) is 37.6 Å². The summed E-state index contributed by atoms with van der Waals surface area (Å²) in [7, 11) is -3.38. The monoisotopic (exact) mass is 1150 g/mol. The number of aromatic nitrogens is 10. The summed E-state index contributed by atoms with van der Waals surface area (Å²) in [6, 6.07) is 15.0. The summed E-state index contributed by atoms with van der Waals surface area (Å²) in [5.41, 5.74) is 2.65. The first kappa shape index (κ1) is 63.5. The maximum absolute atomic E-state index is 15.0. The molecule has 2 saturated heterocycles. The third-order valence-corrected chi connectivity index (χ3v) is 14.1. The fourth-order valence-electron chi connectivity index (χ4n) is 8.12. The van der Waals surface area contributed by atoms with E-state index >= 15 is 0 Å². The van der Waals surface area contributed by atoms with Gasteiger partial charge in [-0.25, -0.2) is 43.7 Å². The van der Waals surface area contributed by atoms with Gasteiger partial charge >= 0.3 is 11.9 Å². The quantitative estimate of drug-likeness (QED) is 0.0650. The Kier molecular flexibility index (Phi) is 23.2. The maximum Gasteiger partial charge on any atom is 0.303 e. The van der Waals surface area contributed by atoms with Gasteiger partial charge in [0.05, 0.1) is 38.8 Å². The molecule has 31 heteroatoms. The number of carbonyl (C=O) groups is 4. The molecule has 0 radical (unpaired) electrons. The summed E-state index contributed by atoms with van der Waals surface area (Å²) in [5, 5.41) is 30.8. The maximum atomic E-state index is 15.0. The van der Waals surface area contributed by atoms with E-state index in [4.69, 9.17) is 38.5 Å². The third-order valence-electron chi connectivity index (χ3n) is 11.2. The van der Waals surface area contributed by atoms with E-state index in [2.05, 4.69) is 114 Å². The third kappa shape index (κ3) is 17.1. The number of fused-ring (bicyclic) bond motifs is 2. The second kappa shape index (κ2) is 29.2. The van der Waals surface area contributed by atoms with Gasteiger partial charge in [-0.2, -0.15) is 10.5 Å². The number of aliphatic hydroxyl groups excluding tert-OH is 1. The number of halogens is 2. The molecule has 27 nitrogen and oxygen atoms in total. The minimum Gasteiger partial charge on any atom is -0.454 e. The van der Waals surface area contributed by atoms with Crippen LogP contribution in [0.1, 0.15) is 84.8 Å². The molecule has 4 N–H and O–H groups in total. The highest BCUT2D eigenvalue weighted by Crippen LogP contribution is 2.43. The summed E-state index contributed by atoms with van der Waals surface area (Å²) in [6.45, 7) is 18.7. The molecule has 80 heavy (non-hydrogen) atoms. The van der Waals surface area contributed by atoms with Crippen molar-refractivity contribution in [2.24, 2.45) is 0 Å². The Bertz CT molecular complexity index is 3150. The lowest BCUT2D eigenvalue weighted by Crippen LogP contribution is -2.33. The van der Waals surface area contributed by atoms with Crippen LogP contribution in [0, 0.1) is 22.7 Å². The van der Waals surface area contributed by atoms with Gasteiger partial charge in [0.1, 0.15) is 45.3 Å². The highest BCUT2D eigenvalue weighted by Gasteiger charge is 2.50. The van der Waals surface area contributed by atoms with Crippen molar-refractivity contribution in [2.75, 3.05) is 43.8 Å². The number of rotatable bonds is 16. The van der Waals surface area contributed by atoms with E-state index in [0.29, 0.717) is 18.7 Å². The molecule has 430 valence electrons. The van der Waals surface area contributed by atoms with Crippen molar-refractivity contribution in [1.29, 1.82) is 10.5 Å². The minimum absolute atomic E-state index is 0.150. The predicted octanol–water partition coefficient (Wildman–Crippen LogP) is 5.87. The van der Waals surface area contributed by atoms with Crippen molar-refractivity contribution in [2.45, 2.75) is 123 Å². The number of nitriles is 2. The van der Waals surface area contributed by atoms with Crippen molar-refractivity contribution < 1.29 is 65.6 Å². The van der Waals surface area contributed by atoms with Gasteiger partial charge in [-0.1, -0.05) is 30.3 Å². The van der Waals surface area contributed by atoms with E-state index in [-0.39, 0.29) is 63.8 Å². The van der Waals surface area contributed by atoms with Crippen molar-refractivity contribution in [3.63, 3.8) is 0 Å². The lowest BCUT2D eigenvalue weighted by molar-refractivity contribution is -0.154. The summed E-state index contributed by atoms with van der Waals surface area (Å²) in [4.78, 5) is 75.9. The highest BCUT2D eigenvalue weighted by molar-refractivity contribution is 7.57. The standard InChI is InChI=1S/C16H21FN5O6P.C14H16FN5O5.C14H24NOP.C5H2N4/c1-8(23)21-14-12-15(19-6-18-14)22(7-20-12)16-13(27-9(2)24)11(17)10(28-16)5-26-29(3,4)25;1-6(22)19-12-10-13(17-4-16-12)20(5-18-10)14-11(24-7(2)23)9(15)8(3-21)25-14;1-12(2)15(13(3)4)17(5)16-11-14-9-7-6-8-10-14;6-1-4-5(2-7)9-3-8-4/h6-7,10-11,13,16H,5H2,1-4H3,(H,18,19,21,23);4-5,8-9,11,14,21H,3H2,1-2H3,(H,16,17,19,22);6-10,12-13H,11H2,1-5H3;3H,(H,8,9)/t10-,11+,13?,16-;8-,9+,11?,14-;;/m11../s1. The Morgan fingerprint density at radius 2 is 1.27 bits per heavy atom. The number of aliphatic hydroxyl groups is 1. The van der Waals surface area contributed by atoms with Crippen molar-refractivity contribution in [3.05, 3.63) is 78.9 Å². The molecule has 2 fully saturated rings. The number of carbonyl (C=O) groups excluding carboxylic acids is 4. The molecule has 3 unspecified atom stereocenters. The van der Waals surface area contributed by atoms with E-state index in [1.54, 1.807) is 12.1 Å². The number of hydrogen-bond acceptors (Lipinski definition) is 22. The van der Waals surface area contributed by atoms with Gasteiger partial charge in [-0.15, -0.1) is 0 Å². The molecule has 6 aromatic rings. The lowest BCUT2D eigenvalue weighted by Gasteiger charge is -2.35. The number of nitrogens with one attached hydrogen (secondary N) is 3. The number of anilines is 2. The molecule has 2 aliphatic heterocycles. The minimum atomic E-state index is -2.87. The van der Waals surface area contributed by atoms with Crippen LogP contribution < -0.4 is 10.6 Å². The van der Waals surface area contributed by atoms with Gasteiger partial charge < -0.3 is 48.7 Å². The number of esters is 2. The number of ether oxygens (including phenoxy) is 4. The average Bonchev–Trinajstić information content (AvgIpc) is 4.43. The first-order valence-electron chi connectivity index (χ1n) is 24.6. The number of hydrogen-bond donors (Lipinski definition) is 4. The zero-order valence-electron chi connectivity index (χ0n) is 45.6. The van der Waals surface area contributed by atoms with Crippen LogP contribution in [0.2, 0.25) is 0 Å². The number of aromatic amines is 1. The first-order chi connectivity index (χ1) is 37.9. The molecule has 8 rings (SSSR count). The Morgan fingerprint density at radius 3 is 1.69 bits per heavy atom. The van der Waals surface area contributed by atoms with Crippen LogP contribution in [0.3, 0.4) is 0 Å². The molecule has 2 amide bonds. The van der Waals surface area contributed by atoms with Crippen molar-refractivity contribution in [1.82, 2.24) is 53.7 Å². The SMILES string of the molecule is CC(=O)Nc1ncnc2c1ncn2[C@@H]1O[C@H](CO)[C@H](F)C1OC(C)=O.CC(=O)Nc1ncnc2c1ncn2[C@@H]1O[C@H](COP(C)(C)=O)[C@H](F)C1OC(C)=O.CC(C)N(C(C)C)P(C)OCc1ccccc1.N#Cc1nc[nH]c1C#N. The number of imidazole rings is 3. The van der Waals surface area contributed by atoms with Gasteiger partial charge in [0.15, 0.2) is 89.7 Å². The molecule has 0 bridgehead atoms. The number of nitrogens with zero attached hydrogens (tertiary/aromatic N) is 12. The fraction of sp³-hybridized carbons (Fsp3) is 0.490. The summed E-state index contributed by atoms with van der Waals surface area (Å²) in [5.74, 6) is -1.69. The molecule has 0 spiro atoms. The second-order valence-corrected chi connectivity index (χ2v) is 22.9. The highest BCUT2D eigenvalue weighted by atomic mass is 31.2. The molecule has 9 atom stereocenters. The van der Waals surface area contributed by atoms with Crippen LogP contribution in [-0.2, 0) is 58.3 Å². The molecule has 7 heterocycles. The first-order valence-corrected chi connectivity index (χ1v) is 28.7. The Labute approximate surface area is 460 Å². The molecule has 5 aromatic heterocycles. The Balaban J connectivity index is 0.000000209.